The first-order valence-corrected chi connectivity index (χ1v) is 22.8. The molecular weight excluding hydrogens is 787 g/mol. The number of fused-ring (bicyclic) bond motifs is 13. The summed E-state index contributed by atoms with van der Waals surface area (Å²) in [6.45, 7) is 4.00. The summed E-state index contributed by atoms with van der Waals surface area (Å²) >= 11 is 0. The molecule has 0 unspecified atom stereocenters. The van der Waals surface area contributed by atoms with Gasteiger partial charge in [-0.2, -0.15) is 0 Å². The van der Waals surface area contributed by atoms with Crippen LogP contribution in [0.15, 0.2) is 241 Å². The Morgan fingerprint density at radius 3 is 1.18 bits per heavy atom. The van der Waals surface area contributed by atoms with Crippen LogP contribution in [0.1, 0.15) is 36.1 Å². The number of nitrogens with zero attached hydrogens (tertiary/aromatic N) is 1. The molecule has 0 N–H and O–H groups in total. The first-order chi connectivity index (χ1) is 32.3. The molecule has 2 aliphatic carbocycles. The number of furan rings is 1. The highest BCUT2D eigenvalue weighted by Gasteiger charge is 2.54. The number of rotatable bonds is 6. The van der Waals surface area contributed by atoms with Gasteiger partial charge in [0.1, 0.15) is 5.58 Å². The fourth-order valence-electron chi connectivity index (χ4n) is 10.8. The summed E-state index contributed by atoms with van der Waals surface area (Å²) in [6.07, 6.45) is 0. The Morgan fingerprint density at radius 2 is 0.708 bits per heavy atom. The van der Waals surface area contributed by atoms with Gasteiger partial charge in [-0.05, 0) is 109 Å². The van der Waals surface area contributed by atoms with Crippen LogP contribution in [-0.2, 0) is 5.41 Å². The zero-order chi connectivity index (χ0) is 43.5. The van der Waals surface area contributed by atoms with Gasteiger partial charge in [-0.3, -0.25) is 0 Å². The third-order valence-electron chi connectivity index (χ3n) is 13.5. The maximum atomic E-state index is 7.20. The molecule has 0 atom stereocenters. The molecule has 65 heavy (non-hydrogen) atoms. The lowest BCUT2D eigenvalue weighted by Gasteiger charge is -2.36. The molecule has 1 heterocycles. The normalized spacial score (nSPS) is 12.6. The van der Waals surface area contributed by atoms with Gasteiger partial charge in [0.2, 0.25) is 0 Å². The Bertz CT molecular complexity index is 3480. The van der Waals surface area contributed by atoms with Gasteiger partial charge in [-0.15, -0.1) is 0 Å². The summed E-state index contributed by atoms with van der Waals surface area (Å²) in [5.74, 6) is 0. The fraction of sp³-hybridized carbons (Fsp3) is 0.0476. The molecule has 0 radical (unpaired) electrons. The molecule has 2 heteroatoms. The summed E-state index contributed by atoms with van der Waals surface area (Å²) in [5.41, 5.74) is 21.5. The molecule has 0 saturated heterocycles. The topological polar surface area (TPSA) is 16.4 Å². The van der Waals surface area contributed by atoms with E-state index in [1.807, 2.05) is 13.8 Å². The minimum atomic E-state index is -0.607. The lowest BCUT2D eigenvalue weighted by molar-refractivity contribution is 0.667. The minimum absolute atomic E-state index is 0.607. The quantitative estimate of drug-likeness (QED) is 0.166. The molecule has 13 rings (SSSR count). The van der Waals surface area contributed by atoms with Crippen LogP contribution in [-0.4, -0.2) is 0 Å². The van der Waals surface area contributed by atoms with Crippen molar-refractivity contribution in [3.8, 4) is 55.6 Å². The monoisotopic (exact) mass is 831 g/mol. The minimum Gasteiger partial charge on any atom is -0.454 e. The molecule has 2 nitrogen and oxygen atoms in total. The average molecular weight is 832 g/mol. The van der Waals surface area contributed by atoms with Crippen molar-refractivity contribution in [1.82, 2.24) is 0 Å². The first kappa shape index (κ1) is 38.5. The van der Waals surface area contributed by atoms with Crippen LogP contribution in [0.5, 0.6) is 0 Å². The third-order valence-corrected chi connectivity index (χ3v) is 13.5. The predicted octanol–water partition coefficient (Wildman–Crippen LogP) is 17.4. The van der Waals surface area contributed by atoms with E-state index in [4.69, 9.17) is 4.42 Å². The van der Waals surface area contributed by atoms with Gasteiger partial charge in [0, 0.05) is 27.7 Å². The van der Waals surface area contributed by atoms with E-state index in [-0.39, 0.29) is 0 Å². The van der Waals surface area contributed by atoms with Crippen LogP contribution in [0.3, 0.4) is 0 Å². The summed E-state index contributed by atoms with van der Waals surface area (Å²) in [4.78, 5) is 2.47. The SMILES string of the molecule is CC.c1ccc(-c2ccc(-c3ccc(N(c4ccc(-c5ccccc5)cc4)c4c5c(cc6c4oc4ccccc46)-c4ccccc4C54c5ccccc5-c5ccccc54)cc3)cc2)cc1. The summed E-state index contributed by atoms with van der Waals surface area (Å²) < 4.78 is 7.20. The van der Waals surface area contributed by atoms with Crippen LogP contribution in [0.2, 0.25) is 0 Å². The molecule has 10 aromatic carbocycles. The lowest BCUT2D eigenvalue weighted by atomic mass is 9.69. The molecule has 11 aromatic rings. The number of benzene rings is 10. The molecule has 0 aliphatic heterocycles. The Labute approximate surface area is 380 Å². The first-order valence-electron chi connectivity index (χ1n) is 22.8. The van der Waals surface area contributed by atoms with Crippen molar-refractivity contribution in [2.45, 2.75) is 19.3 Å². The van der Waals surface area contributed by atoms with E-state index >= 15 is 0 Å². The van der Waals surface area contributed by atoms with Gasteiger partial charge >= 0.3 is 0 Å². The highest BCUT2D eigenvalue weighted by molar-refractivity contribution is 6.16. The van der Waals surface area contributed by atoms with Crippen LogP contribution in [0, 0.1) is 0 Å². The van der Waals surface area contributed by atoms with Crippen molar-refractivity contribution < 1.29 is 4.42 Å². The van der Waals surface area contributed by atoms with Gasteiger partial charge in [0.05, 0.1) is 11.1 Å². The largest absolute Gasteiger partial charge is 0.454 e. The number of para-hydroxylation sites is 1. The van der Waals surface area contributed by atoms with E-state index in [1.54, 1.807) is 0 Å². The summed E-state index contributed by atoms with van der Waals surface area (Å²) in [7, 11) is 0. The molecule has 0 bridgehead atoms. The van der Waals surface area contributed by atoms with Gasteiger partial charge < -0.3 is 9.32 Å². The van der Waals surface area contributed by atoms with E-state index < -0.39 is 5.41 Å². The Morgan fingerprint density at radius 1 is 0.338 bits per heavy atom. The van der Waals surface area contributed by atoms with Crippen LogP contribution >= 0.6 is 0 Å². The molecule has 1 spiro atoms. The maximum Gasteiger partial charge on any atom is 0.159 e. The molecule has 2 aliphatic rings. The number of hydrogen-bond donors (Lipinski definition) is 0. The van der Waals surface area contributed by atoms with Crippen LogP contribution < -0.4 is 4.90 Å². The van der Waals surface area contributed by atoms with E-state index in [0.717, 1.165) is 44.6 Å². The standard InChI is InChI=1S/C61H39NO.C2H6/c1-3-15-40(16-4-1)42-27-29-43(30-28-42)45-33-37-47(38-34-45)62(46-35-31-44(32-36-46)41-17-5-2-6-18-41)59-58-52(39-53-51-22-10-14-26-57(51)63-60(53)59)50-21-9-13-25-56(50)61(58)54-23-11-7-19-48(54)49-20-8-12-24-55(49)61;1-2/h1-39H;1-2H3. The van der Waals surface area contributed by atoms with Gasteiger partial charge in [0.15, 0.2) is 5.58 Å². The maximum absolute atomic E-state index is 7.20. The second-order valence-corrected chi connectivity index (χ2v) is 16.7. The van der Waals surface area contributed by atoms with E-state index in [2.05, 4.69) is 241 Å². The summed E-state index contributed by atoms with van der Waals surface area (Å²) in [5, 5.41) is 2.21. The van der Waals surface area contributed by atoms with Gasteiger partial charge in [-0.25, -0.2) is 0 Å². The number of hydrogen-bond acceptors (Lipinski definition) is 2. The van der Waals surface area contributed by atoms with Crippen molar-refractivity contribution >= 4 is 39.0 Å². The van der Waals surface area contributed by atoms with Crippen molar-refractivity contribution in [1.29, 1.82) is 0 Å². The van der Waals surface area contributed by atoms with Gasteiger partial charge in [-0.1, -0.05) is 214 Å². The Kier molecular flexibility index (Phi) is 9.21. The highest BCUT2D eigenvalue weighted by Crippen LogP contribution is 2.66. The summed E-state index contributed by atoms with van der Waals surface area (Å²) in [6, 6.07) is 86.3. The fourth-order valence-corrected chi connectivity index (χ4v) is 10.8. The Hall–Kier alpha value is -8.20. The number of anilines is 3. The predicted molar refractivity (Wildman–Crippen MR) is 272 cm³/mol. The molecule has 0 saturated carbocycles. The van der Waals surface area contributed by atoms with Crippen molar-refractivity contribution in [3.05, 3.63) is 259 Å². The van der Waals surface area contributed by atoms with E-state index in [9.17, 15) is 0 Å². The van der Waals surface area contributed by atoms with Crippen molar-refractivity contribution in [2.75, 3.05) is 4.90 Å². The average Bonchev–Trinajstić information content (AvgIpc) is 4.02. The van der Waals surface area contributed by atoms with Crippen molar-refractivity contribution in [3.63, 3.8) is 0 Å². The zero-order valence-corrected chi connectivity index (χ0v) is 36.4. The van der Waals surface area contributed by atoms with Crippen molar-refractivity contribution in [2.24, 2.45) is 0 Å². The molecule has 0 amide bonds. The Balaban J connectivity index is 0.00000219. The third kappa shape index (κ3) is 5.88. The second-order valence-electron chi connectivity index (χ2n) is 16.7. The molecule has 308 valence electrons. The van der Waals surface area contributed by atoms with E-state index in [0.29, 0.717) is 0 Å². The second kappa shape index (κ2) is 15.6. The van der Waals surface area contributed by atoms with Gasteiger partial charge in [0.25, 0.3) is 0 Å². The zero-order valence-electron chi connectivity index (χ0n) is 36.4. The van der Waals surface area contributed by atoms with Crippen LogP contribution in [0.4, 0.5) is 17.1 Å². The lowest BCUT2D eigenvalue weighted by Crippen LogP contribution is -2.28. The van der Waals surface area contributed by atoms with E-state index in [1.165, 1.54) is 72.3 Å². The molecule has 0 fully saturated rings. The smallest absolute Gasteiger partial charge is 0.159 e. The highest BCUT2D eigenvalue weighted by atomic mass is 16.3. The molecular formula is C63H45NO. The van der Waals surface area contributed by atoms with Crippen LogP contribution in [0.25, 0.3) is 77.6 Å². The molecule has 1 aromatic heterocycles.